The van der Waals surface area contributed by atoms with Crippen LogP contribution in [0, 0.1) is 0 Å². The monoisotopic (exact) mass is 410 g/mol. The highest BCUT2D eigenvalue weighted by atomic mass is 32.2. The molecule has 0 atom stereocenters. The van der Waals surface area contributed by atoms with Crippen LogP contribution in [0.15, 0.2) is 58.5 Å². The third-order valence-corrected chi connectivity index (χ3v) is 5.37. The van der Waals surface area contributed by atoms with Gasteiger partial charge in [-0.3, -0.25) is 9.20 Å². The maximum Gasteiger partial charge on any atom is 0.267 e. The summed E-state index contributed by atoms with van der Waals surface area (Å²) in [4.78, 5) is 13.3. The van der Waals surface area contributed by atoms with Crippen LogP contribution >= 0.6 is 11.8 Å². The molecule has 2 heterocycles. The van der Waals surface area contributed by atoms with Gasteiger partial charge >= 0.3 is 0 Å². The van der Waals surface area contributed by atoms with E-state index in [-0.39, 0.29) is 11.7 Å². The lowest BCUT2D eigenvalue weighted by Gasteiger charge is -2.12. The second-order valence-corrected chi connectivity index (χ2v) is 7.81. The number of ether oxygens (including phenoxy) is 2. The van der Waals surface area contributed by atoms with Gasteiger partial charge in [0.25, 0.3) is 5.56 Å². The van der Waals surface area contributed by atoms with Gasteiger partial charge in [0, 0.05) is 11.8 Å². The summed E-state index contributed by atoms with van der Waals surface area (Å²) in [6, 6.07) is 14.9. The van der Waals surface area contributed by atoms with Gasteiger partial charge in [0.2, 0.25) is 5.78 Å². The molecule has 150 valence electrons. The summed E-state index contributed by atoms with van der Waals surface area (Å²) in [6.45, 7) is 4.64. The van der Waals surface area contributed by atoms with Gasteiger partial charge in [-0.15, -0.1) is 10.2 Å². The summed E-state index contributed by atoms with van der Waals surface area (Å²) < 4.78 is 14.5. The van der Waals surface area contributed by atoms with Crippen LogP contribution in [0.2, 0.25) is 0 Å². The van der Waals surface area contributed by atoms with Gasteiger partial charge in [-0.05, 0) is 38.1 Å². The molecule has 0 fully saturated rings. The number of aromatic nitrogens is 4. The quantitative estimate of drug-likeness (QED) is 0.343. The molecule has 0 N–H and O–H groups in total. The summed E-state index contributed by atoms with van der Waals surface area (Å²) in [5, 5.41) is 10.0. The molecule has 0 unspecified atom stereocenters. The summed E-state index contributed by atoms with van der Waals surface area (Å²) in [5.41, 5.74) is 1.31. The highest BCUT2D eigenvalue weighted by Gasteiger charge is 2.18. The number of hydrogen-bond acceptors (Lipinski definition) is 6. The Balaban J connectivity index is 1.89. The third kappa shape index (κ3) is 3.73. The molecule has 4 rings (SSSR count). The van der Waals surface area contributed by atoms with Crippen LogP contribution in [0.4, 0.5) is 0 Å². The molecule has 4 aromatic rings. The molecule has 0 aliphatic rings. The highest BCUT2D eigenvalue weighted by molar-refractivity contribution is 7.99. The van der Waals surface area contributed by atoms with E-state index in [0.29, 0.717) is 29.2 Å². The molecule has 0 aliphatic heterocycles. The molecule has 0 spiro atoms. The van der Waals surface area contributed by atoms with Crippen LogP contribution in [0.3, 0.4) is 0 Å². The van der Waals surface area contributed by atoms with Crippen LogP contribution in [-0.4, -0.2) is 44.7 Å². The van der Waals surface area contributed by atoms with E-state index < -0.39 is 0 Å². The Kier molecular flexibility index (Phi) is 5.55. The fourth-order valence-corrected chi connectivity index (χ4v) is 3.94. The first-order valence-electron chi connectivity index (χ1n) is 9.38. The standard InChI is InChI=1S/C21H22N4O3S/c1-14(2)28-11-12-29-21-23-22-20-24(15-7-6-8-16(13-15)27-3)19(26)17-9-4-5-10-18(17)25(20)21/h4-10,13-14H,11-12H2,1-3H3. The van der Waals surface area contributed by atoms with Crippen molar-refractivity contribution in [2.75, 3.05) is 19.5 Å². The fraction of sp³-hybridized carbons (Fsp3) is 0.286. The number of fused-ring (bicyclic) bond motifs is 3. The molecule has 0 amide bonds. The Labute approximate surface area is 172 Å². The Morgan fingerprint density at radius 2 is 1.93 bits per heavy atom. The maximum atomic E-state index is 13.3. The molecule has 29 heavy (non-hydrogen) atoms. The van der Waals surface area contributed by atoms with E-state index in [1.807, 2.05) is 66.8 Å². The van der Waals surface area contributed by atoms with Crippen LogP contribution in [-0.2, 0) is 4.74 Å². The normalized spacial score (nSPS) is 11.6. The largest absolute Gasteiger partial charge is 0.497 e. The van der Waals surface area contributed by atoms with Crippen LogP contribution in [0.25, 0.3) is 22.4 Å². The van der Waals surface area contributed by atoms with Crippen molar-refractivity contribution >= 4 is 28.4 Å². The number of nitrogens with zero attached hydrogens (tertiary/aromatic N) is 4. The minimum Gasteiger partial charge on any atom is -0.497 e. The number of hydrogen-bond donors (Lipinski definition) is 0. The molecule has 7 nitrogen and oxygen atoms in total. The van der Waals surface area contributed by atoms with Crippen LogP contribution in [0.1, 0.15) is 13.8 Å². The summed E-state index contributed by atoms with van der Waals surface area (Å²) in [7, 11) is 1.60. The first kappa shape index (κ1) is 19.5. The van der Waals surface area contributed by atoms with Gasteiger partial charge in [0.15, 0.2) is 5.16 Å². The van der Waals surface area contributed by atoms with Gasteiger partial charge < -0.3 is 9.47 Å². The first-order valence-corrected chi connectivity index (χ1v) is 10.4. The van der Waals surface area contributed by atoms with Crippen molar-refractivity contribution < 1.29 is 9.47 Å². The zero-order chi connectivity index (χ0) is 20.4. The van der Waals surface area contributed by atoms with Gasteiger partial charge in [0.05, 0.1) is 36.4 Å². The lowest BCUT2D eigenvalue weighted by molar-refractivity contribution is 0.0920. The minimum atomic E-state index is -0.145. The minimum absolute atomic E-state index is 0.145. The maximum absolute atomic E-state index is 13.3. The van der Waals surface area contributed by atoms with Crippen molar-refractivity contribution in [2.45, 2.75) is 25.1 Å². The van der Waals surface area contributed by atoms with E-state index in [0.717, 1.165) is 16.4 Å². The Hall–Kier alpha value is -2.84. The van der Waals surface area contributed by atoms with Gasteiger partial charge in [-0.1, -0.05) is 30.0 Å². The Bertz CT molecular complexity index is 1220. The van der Waals surface area contributed by atoms with E-state index in [2.05, 4.69) is 10.2 Å². The van der Waals surface area contributed by atoms with Crippen molar-refractivity contribution in [3.8, 4) is 11.4 Å². The average Bonchev–Trinajstić information content (AvgIpc) is 3.15. The third-order valence-electron chi connectivity index (χ3n) is 4.47. The molecule has 2 aromatic carbocycles. The topological polar surface area (TPSA) is 70.7 Å². The molecule has 0 saturated carbocycles. The number of rotatable bonds is 7. The molecule has 0 bridgehead atoms. The van der Waals surface area contributed by atoms with E-state index in [4.69, 9.17) is 9.47 Å². The molecular formula is C21H22N4O3S. The van der Waals surface area contributed by atoms with Gasteiger partial charge in [-0.25, -0.2) is 4.57 Å². The van der Waals surface area contributed by atoms with Crippen molar-refractivity contribution in [2.24, 2.45) is 0 Å². The molecular weight excluding hydrogens is 388 g/mol. The lowest BCUT2D eigenvalue weighted by atomic mass is 10.2. The predicted molar refractivity (Wildman–Crippen MR) is 114 cm³/mol. The van der Waals surface area contributed by atoms with Crippen LogP contribution < -0.4 is 10.3 Å². The lowest BCUT2D eigenvalue weighted by Crippen LogP contribution is -2.21. The van der Waals surface area contributed by atoms with E-state index in [1.165, 1.54) is 0 Å². The number of para-hydroxylation sites is 1. The molecule has 0 radical (unpaired) electrons. The molecule has 0 saturated heterocycles. The zero-order valence-electron chi connectivity index (χ0n) is 16.5. The van der Waals surface area contributed by atoms with Crippen LogP contribution in [0.5, 0.6) is 5.75 Å². The fourth-order valence-electron chi connectivity index (χ4n) is 3.17. The molecule has 8 heteroatoms. The van der Waals surface area contributed by atoms with Crippen molar-refractivity contribution in [1.82, 2.24) is 19.2 Å². The Morgan fingerprint density at radius 1 is 1.10 bits per heavy atom. The smallest absolute Gasteiger partial charge is 0.267 e. The zero-order valence-corrected chi connectivity index (χ0v) is 17.3. The second kappa shape index (κ2) is 8.26. The molecule has 2 aromatic heterocycles. The molecule has 0 aliphatic carbocycles. The van der Waals surface area contributed by atoms with E-state index >= 15 is 0 Å². The SMILES string of the molecule is COc1cccc(-n2c(=O)c3ccccc3n3c(SCCOC(C)C)nnc23)c1. The van der Waals surface area contributed by atoms with Gasteiger partial charge in [0.1, 0.15) is 5.75 Å². The number of thioether (sulfide) groups is 1. The predicted octanol–water partition coefficient (Wildman–Crippen LogP) is 3.56. The van der Waals surface area contributed by atoms with Crippen molar-refractivity contribution in [3.05, 3.63) is 58.9 Å². The Morgan fingerprint density at radius 3 is 2.72 bits per heavy atom. The number of benzene rings is 2. The summed E-state index contributed by atoms with van der Waals surface area (Å²) in [6.07, 6.45) is 0.185. The van der Waals surface area contributed by atoms with Crippen molar-refractivity contribution in [1.29, 1.82) is 0 Å². The summed E-state index contributed by atoms with van der Waals surface area (Å²) in [5.74, 6) is 1.88. The summed E-state index contributed by atoms with van der Waals surface area (Å²) >= 11 is 1.56. The first-order chi connectivity index (χ1) is 14.1. The van der Waals surface area contributed by atoms with E-state index in [1.54, 1.807) is 23.4 Å². The second-order valence-electron chi connectivity index (χ2n) is 6.75. The van der Waals surface area contributed by atoms with E-state index in [9.17, 15) is 4.79 Å². The number of methoxy groups -OCH3 is 1. The van der Waals surface area contributed by atoms with Gasteiger partial charge in [-0.2, -0.15) is 0 Å². The highest BCUT2D eigenvalue weighted by Crippen LogP contribution is 2.24. The average molecular weight is 410 g/mol. The van der Waals surface area contributed by atoms with Crippen molar-refractivity contribution in [3.63, 3.8) is 0 Å².